The summed E-state index contributed by atoms with van der Waals surface area (Å²) in [4.78, 5) is 8.42. The molecule has 18 heavy (non-hydrogen) atoms. The summed E-state index contributed by atoms with van der Waals surface area (Å²) in [7, 11) is 0. The van der Waals surface area contributed by atoms with E-state index in [1.165, 1.54) is 18.5 Å². The van der Waals surface area contributed by atoms with E-state index in [1.807, 2.05) is 0 Å². The van der Waals surface area contributed by atoms with Crippen LogP contribution in [0.15, 0.2) is 24.5 Å². The molecule has 0 unspecified atom stereocenters. The van der Waals surface area contributed by atoms with Crippen LogP contribution in [0, 0.1) is 11.6 Å². The molecule has 1 aromatic carbocycles. The van der Waals surface area contributed by atoms with Crippen molar-refractivity contribution in [2.24, 2.45) is 0 Å². The molecule has 0 bridgehead atoms. The Labute approximate surface area is 103 Å². The molecule has 0 amide bonds. The van der Waals surface area contributed by atoms with Crippen molar-refractivity contribution < 1.29 is 8.78 Å². The number of benzene rings is 1. The van der Waals surface area contributed by atoms with Crippen LogP contribution in [0.25, 0.3) is 11.3 Å². The van der Waals surface area contributed by atoms with E-state index in [4.69, 9.17) is 0 Å². The Kier molecular flexibility index (Phi) is 2.76. The predicted octanol–water partition coefficient (Wildman–Crippen LogP) is 2.07. The third-order valence-electron chi connectivity index (χ3n) is 3.07. The average molecular weight is 247 g/mol. The molecule has 1 N–H and O–H groups in total. The van der Waals surface area contributed by atoms with Crippen LogP contribution in [0.4, 0.5) is 8.78 Å². The molecular weight excluding hydrogens is 236 g/mol. The van der Waals surface area contributed by atoms with E-state index in [9.17, 15) is 8.78 Å². The summed E-state index contributed by atoms with van der Waals surface area (Å²) in [5, 5.41) is 3.23. The minimum atomic E-state index is -0.858. The highest BCUT2D eigenvalue weighted by atomic mass is 19.2. The highest BCUT2D eigenvalue weighted by Gasteiger charge is 2.17. The Bertz CT molecular complexity index is 599. The second kappa shape index (κ2) is 4.42. The van der Waals surface area contributed by atoms with Crippen molar-refractivity contribution in [3.63, 3.8) is 0 Å². The van der Waals surface area contributed by atoms with Gasteiger partial charge in [-0.1, -0.05) is 0 Å². The van der Waals surface area contributed by atoms with Crippen LogP contribution in [-0.2, 0) is 13.0 Å². The van der Waals surface area contributed by atoms with Gasteiger partial charge in [0.15, 0.2) is 11.6 Å². The third-order valence-corrected chi connectivity index (χ3v) is 3.07. The van der Waals surface area contributed by atoms with Crippen molar-refractivity contribution in [3.05, 3.63) is 47.4 Å². The van der Waals surface area contributed by atoms with Gasteiger partial charge in [-0.25, -0.2) is 18.7 Å². The van der Waals surface area contributed by atoms with Crippen LogP contribution in [0.1, 0.15) is 11.3 Å². The number of hydrogen-bond acceptors (Lipinski definition) is 3. The Hall–Kier alpha value is -1.88. The molecule has 3 rings (SSSR count). The summed E-state index contributed by atoms with van der Waals surface area (Å²) < 4.78 is 26.2. The maximum absolute atomic E-state index is 13.3. The Morgan fingerprint density at radius 2 is 2.00 bits per heavy atom. The standard InChI is InChI=1S/C13H11F2N3/c14-10-2-1-8(5-11(10)15)13-9-6-16-4-3-12(9)17-7-18-13/h1-2,5,7,16H,3-4,6H2. The zero-order valence-corrected chi connectivity index (χ0v) is 9.58. The fraction of sp³-hybridized carbons (Fsp3) is 0.231. The van der Waals surface area contributed by atoms with Gasteiger partial charge >= 0.3 is 0 Å². The summed E-state index contributed by atoms with van der Waals surface area (Å²) in [6.45, 7) is 1.53. The van der Waals surface area contributed by atoms with E-state index >= 15 is 0 Å². The first-order valence-electron chi connectivity index (χ1n) is 5.74. The van der Waals surface area contributed by atoms with Gasteiger partial charge in [-0.2, -0.15) is 0 Å². The number of aromatic nitrogens is 2. The molecule has 0 fully saturated rings. The SMILES string of the molecule is Fc1ccc(-c2ncnc3c2CNCC3)cc1F. The highest BCUT2D eigenvalue weighted by molar-refractivity contribution is 5.64. The van der Waals surface area contributed by atoms with E-state index < -0.39 is 11.6 Å². The summed E-state index contributed by atoms with van der Waals surface area (Å²) >= 11 is 0. The molecule has 2 aromatic rings. The molecule has 0 spiro atoms. The predicted molar refractivity (Wildman–Crippen MR) is 62.8 cm³/mol. The molecule has 3 nitrogen and oxygen atoms in total. The monoisotopic (exact) mass is 247 g/mol. The first-order chi connectivity index (χ1) is 8.75. The Morgan fingerprint density at radius 3 is 2.83 bits per heavy atom. The van der Waals surface area contributed by atoms with Gasteiger partial charge in [0, 0.05) is 30.6 Å². The van der Waals surface area contributed by atoms with Crippen molar-refractivity contribution in [3.8, 4) is 11.3 Å². The van der Waals surface area contributed by atoms with Gasteiger partial charge in [-0.05, 0) is 18.2 Å². The molecule has 5 heteroatoms. The lowest BCUT2D eigenvalue weighted by Crippen LogP contribution is -2.25. The number of fused-ring (bicyclic) bond motifs is 1. The quantitative estimate of drug-likeness (QED) is 0.838. The van der Waals surface area contributed by atoms with Gasteiger partial charge in [-0.15, -0.1) is 0 Å². The molecule has 2 heterocycles. The molecular formula is C13H11F2N3. The molecule has 1 aliphatic rings. The summed E-state index contributed by atoms with van der Waals surface area (Å²) in [5.74, 6) is -1.71. The van der Waals surface area contributed by atoms with Crippen LogP contribution in [0.2, 0.25) is 0 Å². The Morgan fingerprint density at radius 1 is 1.11 bits per heavy atom. The molecule has 0 aliphatic carbocycles. The van der Waals surface area contributed by atoms with Crippen molar-refractivity contribution in [2.75, 3.05) is 6.54 Å². The van der Waals surface area contributed by atoms with Crippen LogP contribution >= 0.6 is 0 Å². The summed E-state index contributed by atoms with van der Waals surface area (Å²) in [5.41, 5.74) is 3.19. The fourth-order valence-electron chi connectivity index (χ4n) is 2.16. The second-order valence-electron chi connectivity index (χ2n) is 4.20. The zero-order valence-electron chi connectivity index (χ0n) is 9.58. The maximum Gasteiger partial charge on any atom is 0.159 e. The van der Waals surface area contributed by atoms with Crippen molar-refractivity contribution in [1.82, 2.24) is 15.3 Å². The summed E-state index contributed by atoms with van der Waals surface area (Å²) in [6, 6.07) is 3.83. The van der Waals surface area contributed by atoms with E-state index in [0.29, 0.717) is 17.8 Å². The maximum atomic E-state index is 13.3. The normalized spacial score (nSPS) is 14.3. The number of rotatable bonds is 1. The first-order valence-corrected chi connectivity index (χ1v) is 5.74. The first kappa shape index (κ1) is 11.2. The van der Waals surface area contributed by atoms with E-state index in [1.54, 1.807) is 0 Å². The molecule has 92 valence electrons. The minimum Gasteiger partial charge on any atom is -0.312 e. The molecule has 0 radical (unpaired) electrons. The molecule has 0 atom stereocenters. The van der Waals surface area contributed by atoms with E-state index in [2.05, 4.69) is 15.3 Å². The van der Waals surface area contributed by atoms with E-state index in [-0.39, 0.29) is 0 Å². The molecule has 1 aliphatic heterocycles. The molecule has 0 saturated carbocycles. The van der Waals surface area contributed by atoms with Crippen LogP contribution in [0.5, 0.6) is 0 Å². The lowest BCUT2D eigenvalue weighted by Gasteiger charge is -2.18. The average Bonchev–Trinajstić information content (AvgIpc) is 2.41. The van der Waals surface area contributed by atoms with E-state index in [0.717, 1.165) is 30.3 Å². The number of halogens is 2. The lowest BCUT2D eigenvalue weighted by molar-refractivity contribution is 0.509. The van der Waals surface area contributed by atoms with Gasteiger partial charge < -0.3 is 5.32 Å². The second-order valence-corrected chi connectivity index (χ2v) is 4.20. The van der Waals surface area contributed by atoms with Gasteiger partial charge in [0.05, 0.1) is 11.4 Å². The zero-order chi connectivity index (χ0) is 12.5. The van der Waals surface area contributed by atoms with Crippen LogP contribution in [-0.4, -0.2) is 16.5 Å². The topological polar surface area (TPSA) is 37.8 Å². The smallest absolute Gasteiger partial charge is 0.159 e. The van der Waals surface area contributed by atoms with Gasteiger partial charge in [0.1, 0.15) is 6.33 Å². The van der Waals surface area contributed by atoms with Gasteiger partial charge in [0.25, 0.3) is 0 Å². The largest absolute Gasteiger partial charge is 0.312 e. The van der Waals surface area contributed by atoms with Crippen molar-refractivity contribution in [2.45, 2.75) is 13.0 Å². The van der Waals surface area contributed by atoms with Crippen molar-refractivity contribution in [1.29, 1.82) is 0 Å². The number of nitrogens with one attached hydrogen (secondary N) is 1. The highest BCUT2D eigenvalue weighted by Crippen LogP contribution is 2.25. The van der Waals surface area contributed by atoms with Gasteiger partial charge in [-0.3, -0.25) is 0 Å². The molecule has 1 aromatic heterocycles. The Balaban J connectivity index is 2.13. The summed E-state index contributed by atoms with van der Waals surface area (Å²) in [6.07, 6.45) is 2.30. The third kappa shape index (κ3) is 1.86. The van der Waals surface area contributed by atoms with Crippen LogP contribution in [0.3, 0.4) is 0 Å². The number of hydrogen-bond donors (Lipinski definition) is 1. The molecule has 0 saturated heterocycles. The lowest BCUT2D eigenvalue weighted by atomic mass is 10.0. The minimum absolute atomic E-state index is 0.580. The number of nitrogens with zero attached hydrogens (tertiary/aromatic N) is 2. The van der Waals surface area contributed by atoms with Crippen molar-refractivity contribution >= 4 is 0 Å². The van der Waals surface area contributed by atoms with Gasteiger partial charge in [0.2, 0.25) is 0 Å². The van der Waals surface area contributed by atoms with Crippen LogP contribution < -0.4 is 5.32 Å². The fourth-order valence-corrected chi connectivity index (χ4v) is 2.16.